The van der Waals surface area contributed by atoms with Crippen LogP contribution in [0.2, 0.25) is 0 Å². The zero-order valence-electron chi connectivity index (χ0n) is 20.9. The van der Waals surface area contributed by atoms with Crippen LogP contribution in [0, 0.1) is 0 Å². The number of halogens is 1. The number of furan rings is 1. The van der Waals surface area contributed by atoms with Crippen LogP contribution < -0.4 is 0 Å². The average Bonchev–Trinajstić information content (AvgIpc) is 3.48. The van der Waals surface area contributed by atoms with E-state index in [1.807, 2.05) is 6.07 Å². The maximum atomic E-state index is 6.67. The molecule has 1 spiro atoms. The lowest BCUT2D eigenvalue weighted by molar-refractivity contribution is 0.669. The van der Waals surface area contributed by atoms with Crippen molar-refractivity contribution in [3.05, 3.63) is 154 Å². The van der Waals surface area contributed by atoms with Crippen LogP contribution in [0.25, 0.3) is 55.3 Å². The maximum Gasteiger partial charge on any atom is 0.143 e. The van der Waals surface area contributed by atoms with Crippen LogP contribution in [-0.2, 0) is 5.41 Å². The highest BCUT2D eigenvalue weighted by Gasteiger charge is 2.50. The molecular weight excluding hydrogens is 540 g/mol. The first-order chi connectivity index (χ1) is 19.3. The molecular formula is C37H21BrO. The van der Waals surface area contributed by atoms with E-state index in [-0.39, 0.29) is 0 Å². The first kappa shape index (κ1) is 21.5. The highest BCUT2D eigenvalue weighted by molar-refractivity contribution is 9.10. The molecule has 39 heavy (non-hydrogen) atoms. The lowest BCUT2D eigenvalue weighted by Crippen LogP contribution is -2.29. The van der Waals surface area contributed by atoms with Gasteiger partial charge in [-0.3, -0.25) is 0 Å². The number of benzene rings is 6. The van der Waals surface area contributed by atoms with Crippen molar-refractivity contribution in [3.8, 4) is 33.4 Å². The summed E-state index contributed by atoms with van der Waals surface area (Å²) in [7, 11) is 0. The Morgan fingerprint density at radius 1 is 0.462 bits per heavy atom. The van der Waals surface area contributed by atoms with Crippen molar-refractivity contribution in [2.24, 2.45) is 0 Å². The molecule has 0 amide bonds. The lowest BCUT2D eigenvalue weighted by atomic mass is 9.66. The number of para-hydroxylation sites is 1. The summed E-state index contributed by atoms with van der Waals surface area (Å²) in [5.41, 5.74) is 14.1. The standard InChI is InChI=1S/C37H21BrO/c38-22-17-19-32-29(21-22)24-10-2-1-9-23(24)25-11-3-6-14-30(25)37(32)31-15-7-4-13-28(31)35-33(37)20-18-27-26-12-5-8-16-34(26)39-36(27)35/h1-21H. The van der Waals surface area contributed by atoms with Crippen molar-refractivity contribution in [2.45, 2.75) is 5.41 Å². The molecule has 182 valence electrons. The largest absolute Gasteiger partial charge is 0.455 e. The summed E-state index contributed by atoms with van der Waals surface area (Å²) in [6, 6.07) is 46.6. The first-order valence-corrected chi connectivity index (χ1v) is 14.1. The number of rotatable bonds is 0. The van der Waals surface area contributed by atoms with Crippen LogP contribution in [0.3, 0.4) is 0 Å². The molecule has 1 unspecified atom stereocenters. The molecule has 0 bridgehead atoms. The Labute approximate surface area is 234 Å². The van der Waals surface area contributed by atoms with Crippen LogP contribution in [-0.4, -0.2) is 0 Å². The number of hydrogen-bond donors (Lipinski definition) is 0. The van der Waals surface area contributed by atoms with E-state index in [2.05, 4.69) is 137 Å². The summed E-state index contributed by atoms with van der Waals surface area (Å²) in [4.78, 5) is 0. The molecule has 2 heteroatoms. The predicted octanol–water partition coefficient (Wildman–Crippen LogP) is 10.4. The Bertz CT molecular complexity index is 2150. The monoisotopic (exact) mass is 560 g/mol. The van der Waals surface area contributed by atoms with Gasteiger partial charge >= 0.3 is 0 Å². The van der Waals surface area contributed by atoms with E-state index < -0.39 is 5.41 Å². The first-order valence-electron chi connectivity index (χ1n) is 13.3. The highest BCUT2D eigenvalue weighted by atomic mass is 79.9. The Morgan fingerprint density at radius 3 is 1.87 bits per heavy atom. The molecule has 2 aliphatic rings. The van der Waals surface area contributed by atoms with Crippen molar-refractivity contribution in [3.63, 3.8) is 0 Å². The summed E-state index contributed by atoms with van der Waals surface area (Å²) in [5, 5.41) is 2.32. The van der Waals surface area contributed by atoms with Crippen molar-refractivity contribution in [1.29, 1.82) is 0 Å². The third kappa shape index (κ3) is 2.60. The molecule has 0 radical (unpaired) electrons. The van der Waals surface area contributed by atoms with E-state index in [1.165, 1.54) is 55.6 Å². The van der Waals surface area contributed by atoms with Crippen molar-refractivity contribution >= 4 is 37.9 Å². The molecule has 1 aromatic heterocycles. The van der Waals surface area contributed by atoms with Gasteiger partial charge in [-0.15, -0.1) is 0 Å². The molecule has 0 saturated heterocycles. The molecule has 7 aromatic rings. The lowest BCUT2D eigenvalue weighted by Gasteiger charge is -2.35. The van der Waals surface area contributed by atoms with Crippen molar-refractivity contribution in [1.82, 2.24) is 0 Å². The molecule has 9 rings (SSSR count). The van der Waals surface area contributed by atoms with Gasteiger partial charge < -0.3 is 4.42 Å². The summed E-state index contributed by atoms with van der Waals surface area (Å²) in [6.07, 6.45) is 0. The van der Waals surface area contributed by atoms with Gasteiger partial charge in [-0.25, -0.2) is 0 Å². The Balaban J connectivity index is 1.55. The van der Waals surface area contributed by atoms with E-state index in [9.17, 15) is 0 Å². The highest BCUT2D eigenvalue weighted by Crippen LogP contribution is 2.62. The van der Waals surface area contributed by atoms with Gasteiger partial charge in [0.25, 0.3) is 0 Å². The Kier molecular flexibility index (Phi) is 4.19. The van der Waals surface area contributed by atoms with Crippen LogP contribution in [0.5, 0.6) is 0 Å². The van der Waals surface area contributed by atoms with Crippen LogP contribution >= 0.6 is 15.9 Å². The second kappa shape index (κ2) is 7.59. The van der Waals surface area contributed by atoms with E-state index in [0.717, 1.165) is 26.4 Å². The summed E-state index contributed by atoms with van der Waals surface area (Å²) in [6.45, 7) is 0. The maximum absolute atomic E-state index is 6.67. The summed E-state index contributed by atoms with van der Waals surface area (Å²) in [5.74, 6) is 0. The molecule has 1 nitrogen and oxygen atoms in total. The normalized spacial score (nSPS) is 16.4. The second-order valence-corrected chi connectivity index (χ2v) is 11.5. The van der Waals surface area contributed by atoms with E-state index in [0.29, 0.717) is 0 Å². The third-order valence-corrected chi connectivity index (χ3v) is 9.27. The average molecular weight is 561 g/mol. The smallest absolute Gasteiger partial charge is 0.143 e. The summed E-state index contributed by atoms with van der Waals surface area (Å²) >= 11 is 3.80. The van der Waals surface area contributed by atoms with Crippen LogP contribution in [0.15, 0.2) is 136 Å². The zero-order valence-corrected chi connectivity index (χ0v) is 22.5. The third-order valence-electron chi connectivity index (χ3n) is 8.78. The van der Waals surface area contributed by atoms with Gasteiger partial charge in [0.15, 0.2) is 0 Å². The fourth-order valence-corrected chi connectivity index (χ4v) is 7.69. The van der Waals surface area contributed by atoms with Gasteiger partial charge in [0.05, 0.1) is 5.41 Å². The molecule has 1 atom stereocenters. The van der Waals surface area contributed by atoms with Crippen molar-refractivity contribution < 1.29 is 4.42 Å². The molecule has 6 aromatic carbocycles. The van der Waals surface area contributed by atoms with Gasteiger partial charge in [-0.1, -0.05) is 125 Å². The molecule has 0 fully saturated rings. The molecule has 0 saturated carbocycles. The number of fused-ring (bicyclic) bond motifs is 16. The van der Waals surface area contributed by atoms with Crippen LogP contribution in [0.1, 0.15) is 22.3 Å². The second-order valence-electron chi connectivity index (χ2n) is 10.5. The number of hydrogen-bond acceptors (Lipinski definition) is 1. The topological polar surface area (TPSA) is 13.1 Å². The Hall–Kier alpha value is -4.40. The fraction of sp³-hybridized carbons (Fsp3) is 0.0270. The van der Waals surface area contributed by atoms with E-state index >= 15 is 0 Å². The fourth-order valence-electron chi connectivity index (χ4n) is 7.33. The molecule has 0 aliphatic heterocycles. The van der Waals surface area contributed by atoms with Crippen LogP contribution in [0.4, 0.5) is 0 Å². The minimum absolute atomic E-state index is 0.495. The SMILES string of the molecule is Brc1ccc2c(c1)-c1ccccc1-c1ccccc1C21c2ccccc2-c2c1ccc1c2oc2ccccc21. The summed E-state index contributed by atoms with van der Waals surface area (Å²) < 4.78 is 7.75. The zero-order chi connectivity index (χ0) is 25.7. The van der Waals surface area contributed by atoms with Gasteiger partial charge in [-0.05, 0) is 68.3 Å². The Morgan fingerprint density at radius 2 is 1.05 bits per heavy atom. The van der Waals surface area contributed by atoms with Gasteiger partial charge in [-0.2, -0.15) is 0 Å². The minimum Gasteiger partial charge on any atom is -0.455 e. The molecule has 0 N–H and O–H groups in total. The molecule has 2 aliphatic carbocycles. The quantitative estimate of drug-likeness (QED) is 0.180. The van der Waals surface area contributed by atoms with E-state index in [4.69, 9.17) is 4.42 Å². The van der Waals surface area contributed by atoms with Gasteiger partial charge in [0.1, 0.15) is 11.2 Å². The molecule has 1 heterocycles. The van der Waals surface area contributed by atoms with Gasteiger partial charge in [0.2, 0.25) is 0 Å². The minimum atomic E-state index is -0.495. The predicted molar refractivity (Wildman–Crippen MR) is 163 cm³/mol. The van der Waals surface area contributed by atoms with E-state index in [1.54, 1.807) is 0 Å². The van der Waals surface area contributed by atoms with Crippen molar-refractivity contribution in [2.75, 3.05) is 0 Å². The van der Waals surface area contributed by atoms with Gasteiger partial charge in [0, 0.05) is 20.8 Å².